The van der Waals surface area contributed by atoms with Gasteiger partial charge in [0.05, 0.1) is 4.92 Å². The van der Waals surface area contributed by atoms with Gasteiger partial charge in [-0.15, -0.1) is 0 Å². The maximum Gasteiger partial charge on any atom is 0.338 e. The van der Waals surface area contributed by atoms with Crippen LogP contribution in [0.4, 0.5) is 11.4 Å². The first-order chi connectivity index (χ1) is 11.0. The minimum Gasteiger partial charge on any atom is -0.507 e. The molecule has 0 bridgehead atoms. The van der Waals surface area contributed by atoms with Crippen molar-refractivity contribution in [3.8, 4) is 5.75 Å². The number of phenols is 1. The summed E-state index contributed by atoms with van der Waals surface area (Å²) in [5.74, 6) is 0.157. The molecule has 0 spiro atoms. The molecule has 7 nitrogen and oxygen atoms in total. The van der Waals surface area contributed by atoms with E-state index in [1.807, 2.05) is 19.9 Å². The number of aromatic hydroxyl groups is 1. The van der Waals surface area contributed by atoms with E-state index in [1.54, 1.807) is 18.2 Å². The molecule has 1 aromatic heterocycles. The van der Waals surface area contributed by atoms with Crippen molar-refractivity contribution < 1.29 is 14.6 Å². The molecule has 0 amide bonds. The molecule has 1 aromatic carbocycles. The number of nitrogens with zero attached hydrogens (tertiary/aromatic N) is 3. The molecule has 122 valence electrons. The number of rotatable bonds is 6. The SMILES string of the molecule is CCN(CC)c1ccc(/C=C/c2onc(C)c2[N+](=O)[O-])c(O)c1. The molecule has 7 heteroatoms. The van der Waals surface area contributed by atoms with Gasteiger partial charge in [0.25, 0.3) is 0 Å². The van der Waals surface area contributed by atoms with Crippen LogP contribution >= 0.6 is 0 Å². The maximum atomic E-state index is 11.0. The van der Waals surface area contributed by atoms with E-state index in [4.69, 9.17) is 4.52 Å². The van der Waals surface area contributed by atoms with Crippen molar-refractivity contribution in [1.82, 2.24) is 5.16 Å². The fourth-order valence-electron chi connectivity index (χ4n) is 2.34. The van der Waals surface area contributed by atoms with E-state index in [2.05, 4.69) is 10.1 Å². The van der Waals surface area contributed by atoms with Gasteiger partial charge in [-0.2, -0.15) is 0 Å². The zero-order valence-electron chi connectivity index (χ0n) is 13.3. The third-order valence-electron chi connectivity index (χ3n) is 3.60. The monoisotopic (exact) mass is 317 g/mol. The van der Waals surface area contributed by atoms with Crippen molar-refractivity contribution in [1.29, 1.82) is 0 Å². The lowest BCUT2D eigenvalue weighted by atomic mass is 10.1. The zero-order valence-corrected chi connectivity index (χ0v) is 13.3. The number of hydrogen-bond acceptors (Lipinski definition) is 6. The second kappa shape index (κ2) is 6.95. The summed E-state index contributed by atoms with van der Waals surface area (Å²) in [6.45, 7) is 7.28. The second-order valence-electron chi connectivity index (χ2n) is 4.99. The predicted octanol–water partition coefficient (Wildman–Crippen LogP) is 3.61. The fourth-order valence-corrected chi connectivity index (χ4v) is 2.34. The van der Waals surface area contributed by atoms with E-state index >= 15 is 0 Å². The van der Waals surface area contributed by atoms with Crippen LogP contribution in [-0.4, -0.2) is 28.3 Å². The number of anilines is 1. The van der Waals surface area contributed by atoms with Crippen LogP contribution in [0.1, 0.15) is 30.9 Å². The molecule has 23 heavy (non-hydrogen) atoms. The van der Waals surface area contributed by atoms with Crippen LogP contribution in [0.5, 0.6) is 5.75 Å². The summed E-state index contributed by atoms with van der Waals surface area (Å²) in [7, 11) is 0. The highest BCUT2D eigenvalue weighted by Crippen LogP contribution is 2.28. The zero-order chi connectivity index (χ0) is 17.0. The number of benzene rings is 1. The minimum absolute atomic E-state index is 0.0553. The van der Waals surface area contributed by atoms with Crippen molar-refractivity contribution in [2.45, 2.75) is 20.8 Å². The van der Waals surface area contributed by atoms with E-state index in [0.29, 0.717) is 5.56 Å². The average molecular weight is 317 g/mol. The Kier molecular flexibility index (Phi) is 5.00. The van der Waals surface area contributed by atoms with E-state index < -0.39 is 4.92 Å². The number of aryl methyl sites for hydroxylation is 1. The van der Waals surface area contributed by atoms with Gasteiger partial charge < -0.3 is 14.5 Å². The molecule has 0 aliphatic rings. The lowest BCUT2D eigenvalue weighted by Crippen LogP contribution is -2.21. The largest absolute Gasteiger partial charge is 0.507 e. The number of nitro groups is 1. The smallest absolute Gasteiger partial charge is 0.338 e. The lowest BCUT2D eigenvalue weighted by molar-refractivity contribution is -0.386. The Hall–Kier alpha value is -2.83. The highest BCUT2D eigenvalue weighted by atomic mass is 16.6. The van der Waals surface area contributed by atoms with Crippen LogP contribution in [-0.2, 0) is 0 Å². The lowest BCUT2D eigenvalue weighted by Gasteiger charge is -2.21. The first-order valence-corrected chi connectivity index (χ1v) is 7.34. The van der Waals surface area contributed by atoms with Crippen molar-refractivity contribution >= 4 is 23.5 Å². The van der Waals surface area contributed by atoms with Gasteiger partial charge in [0, 0.05) is 30.4 Å². The van der Waals surface area contributed by atoms with Crippen molar-refractivity contribution in [2.24, 2.45) is 0 Å². The van der Waals surface area contributed by atoms with Crippen LogP contribution < -0.4 is 4.90 Å². The third-order valence-corrected chi connectivity index (χ3v) is 3.60. The number of phenolic OH excluding ortho intramolecular Hbond substituents is 1. The summed E-state index contributed by atoms with van der Waals surface area (Å²) < 4.78 is 4.95. The van der Waals surface area contributed by atoms with E-state index in [0.717, 1.165) is 18.8 Å². The molecule has 0 saturated heterocycles. The van der Waals surface area contributed by atoms with Gasteiger partial charge in [-0.05, 0) is 45.1 Å². The van der Waals surface area contributed by atoms with Gasteiger partial charge >= 0.3 is 5.69 Å². The Morgan fingerprint density at radius 1 is 1.35 bits per heavy atom. The normalized spacial score (nSPS) is 11.1. The molecular weight excluding hydrogens is 298 g/mol. The minimum atomic E-state index is -0.533. The first kappa shape index (κ1) is 16.5. The molecule has 0 aliphatic carbocycles. The van der Waals surface area contributed by atoms with Crippen molar-refractivity contribution in [3.05, 3.63) is 45.3 Å². The van der Waals surface area contributed by atoms with E-state index in [9.17, 15) is 15.2 Å². The standard InChI is InChI=1S/C16H19N3O4/c1-4-18(5-2)13-8-6-12(14(20)10-13)7-9-15-16(19(21)22)11(3)17-23-15/h6-10,20H,4-5H2,1-3H3/b9-7+. The Bertz CT molecular complexity index is 733. The van der Waals surface area contributed by atoms with Gasteiger partial charge in [0.15, 0.2) is 5.69 Å². The molecule has 2 rings (SSSR count). The topological polar surface area (TPSA) is 92.6 Å². The van der Waals surface area contributed by atoms with Gasteiger partial charge in [-0.3, -0.25) is 10.1 Å². The van der Waals surface area contributed by atoms with Crippen LogP contribution in [0.3, 0.4) is 0 Å². The number of aromatic nitrogens is 1. The Morgan fingerprint density at radius 2 is 2.04 bits per heavy atom. The van der Waals surface area contributed by atoms with Crippen molar-refractivity contribution in [3.63, 3.8) is 0 Å². The Morgan fingerprint density at radius 3 is 2.61 bits per heavy atom. The van der Waals surface area contributed by atoms with Crippen LogP contribution in [0, 0.1) is 17.0 Å². The summed E-state index contributed by atoms with van der Waals surface area (Å²) in [4.78, 5) is 12.6. The predicted molar refractivity (Wildman–Crippen MR) is 88.5 cm³/mol. The first-order valence-electron chi connectivity index (χ1n) is 7.34. The summed E-state index contributed by atoms with van der Waals surface area (Å²) in [6.07, 6.45) is 3.00. The van der Waals surface area contributed by atoms with Crippen LogP contribution in [0.15, 0.2) is 22.7 Å². The summed E-state index contributed by atoms with van der Waals surface area (Å²) in [5, 5.41) is 24.7. The molecule has 0 radical (unpaired) electrons. The Labute approximate surface area is 134 Å². The van der Waals surface area contributed by atoms with Gasteiger partial charge in [0.1, 0.15) is 5.75 Å². The summed E-state index contributed by atoms with van der Waals surface area (Å²) >= 11 is 0. The van der Waals surface area contributed by atoms with Crippen molar-refractivity contribution in [2.75, 3.05) is 18.0 Å². The molecule has 0 aliphatic heterocycles. The quantitative estimate of drug-likeness (QED) is 0.646. The number of hydrogen-bond donors (Lipinski definition) is 1. The van der Waals surface area contributed by atoms with Gasteiger partial charge in [0.2, 0.25) is 5.76 Å². The highest BCUT2D eigenvalue weighted by molar-refractivity contribution is 5.75. The average Bonchev–Trinajstić information content (AvgIpc) is 2.88. The van der Waals surface area contributed by atoms with Gasteiger partial charge in [-0.1, -0.05) is 5.16 Å². The highest BCUT2D eigenvalue weighted by Gasteiger charge is 2.22. The third kappa shape index (κ3) is 3.50. The second-order valence-corrected chi connectivity index (χ2v) is 4.99. The van der Waals surface area contributed by atoms with E-state index in [-0.39, 0.29) is 22.9 Å². The summed E-state index contributed by atoms with van der Waals surface area (Å²) in [6, 6.07) is 5.33. The van der Waals surface area contributed by atoms with E-state index in [1.165, 1.54) is 13.0 Å². The molecule has 2 aromatic rings. The molecule has 1 heterocycles. The molecule has 0 unspecified atom stereocenters. The molecule has 0 fully saturated rings. The van der Waals surface area contributed by atoms with Crippen LogP contribution in [0.2, 0.25) is 0 Å². The van der Waals surface area contributed by atoms with Crippen LogP contribution in [0.25, 0.3) is 12.2 Å². The maximum absolute atomic E-state index is 11.0. The Balaban J connectivity index is 2.29. The molecule has 1 N–H and O–H groups in total. The fraction of sp³-hybridized carbons (Fsp3) is 0.312. The molecule has 0 saturated carbocycles. The summed E-state index contributed by atoms with van der Waals surface area (Å²) in [5.41, 5.74) is 1.52. The van der Waals surface area contributed by atoms with Gasteiger partial charge in [-0.25, -0.2) is 0 Å². The molecular formula is C16H19N3O4. The molecule has 0 atom stereocenters.